The first-order chi connectivity index (χ1) is 11.8. The third-order valence-corrected chi connectivity index (χ3v) is 5.56. The topological polar surface area (TPSA) is 25.5 Å². The molecule has 4 nitrogen and oxygen atoms in total. The highest BCUT2D eigenvalue weighted by Gasteiger charge is 2.15. The standard InChI is InChI=1S/C19H22N4S.2BrH/c1-3-21(4-2)11-12-22-16-8-5-6-9-17(16)23-14-15(20-19(22)23)18-10-7-13-24-18;;/h5-10,13-14H,3-4,11-12H2,1-2H3;2*1H. The fourth-order valence-electron chi connectivity index (χ4n) is 3.29. The molecule has 0 bridgehead atoms. The van der Waals surface area contributed by atoms with Crippen LogP contribution in [0.25, 0.3) is 27.4 Å². The van der Waals surface area contributed by atoms with Gasteiger partial charge in [0.25, 0.3) is 0 Å². The minimum absolute atomic E-state index is 0. The normalized spacial score (nSPS) is 11.0. The number of rotatable bonds is 6. The molecule has 0 aliphatic rings. The van der Waals surface area contributed by atoms with Gasteiger partial charge in [0, 0.05) is 19.3 Å². The predicted molar refractivity (Wildman–Crippen MR) is 122 cm³/mol. The summed E-state index contributed by atoms with van der Waals surface area (Å²) in [4.78, 5) is 8.61. The number of nitrogens with zero attached hydrogens (tertiary/aromatic N) is 4. The molecular formula is C19H24Br2N4S. The molecule has 0 fully saturated rings. The Morgan fingerprint density at radius 2 is 1.73 bits per heavy atom. The number of hydrogen-bond donors (Lipinski definition) is 0. The number of hydrogen-bond acceptors (Lipinski definition) is 3. The minimum Gasteiger partial charge on any atom is -0.308 e. The van der Waals surface area contributed by atoms with Crippen molar-refractivity contribution in [3.8, 4) is 10.6 Å². The van der Waals surface area contributed by atoms with Crippen molar-refractivity contribution >= 4 is 62.1 Å². The monoisotopic (exact) mass is 498 g/mol. The second kappa shape index (κ2) is 9.17. The van der Waals surface area contributed by atoms with Crippen LogP contribution in [-0.2, 0) is 6.54 Å². The van der Waals surface area contributed by atoms with Crippen LogP contribution in [0, 0.1) is 0 Å². The Balaban J connectivity index is 0.00000121. The van der Waals surface area contributed by atoms with E-state index in [9.17, 15) is 0 Å². The van der Waals surface area contributed by atoms with Crippen LogP contribution < -0.4 is 0 Å². The van der Waals surface area contributed by atoms with Crippen LogP contribution >= 0.6 is 45.3 Å². The zero-order valence-electron chi connectivity index (χ0n) is 15.0. The summed E-state index contributed by atoms with van der Waals surface area (Å²) in [7, 11) is 0. The second-order valence-electron chi connectivity index (χ2n) is 5.94. The highest BCUT2D eigenvalue weighted by molar-refractivity contribution is 8.93. The Morgan fingerprint density at radius 3 is 2.38 bits per heavy atom. The lowest BCUT2D eigenvalue weighted by molar-refractivity contribution is 0.293. The molecule has 0 amide bonds. The maximum absolute atomic E-state index is 4.94. The van der Waals surface area contributed by atoms with Crippen molar-refractivity contribution in [2.24, 2.45) is 0 Å². The van der Waals surface area contributed by atoms with Gasteiger partial charge in [-0.3, -0.25) is 4.40 Å². The molecule has 4 rings (SSSR count). The molecule has 0 aliphatic heterocycles. The van der Waals surface area contributed by atoms with Crippen molar-refractivity contribution in [3.05, 3.63) is 48.0 Å². The van der Waals surface area contributed by atoms with E-state index in [0.29, 0.717) is 0 Å². The summed E-state index contributed by atoms with van der Waals surface area (Å²) in [5.74, 6) is 1.03. The number of para-hydroxylation sites is 2. The fourth-order valence-corrected chi connectivity index (χ4v) is 3.97. The van der Waals surface area contributed by atoms with E-state index < -0.39 is 0 Å². The molecule has 0 spiro atoms. The molecule has 0 N–H and O–H groups in total. The Morgan fingerprint density at radius 1 is 1.00 bits per heavy atom. The molecule has 3 aromatic heterocycles. The van der Waals surface area contributed by atoms with Gasteiger partial charge in [-0.2, -0.15) is 0 Å². The highest BCUT2D eigenvalue weighted by Crippen LogP contribution is 2.28. The maximum atomic E-state index is 4.94. The quantitative estimate of drug-likeness (QED) is 0.349. The Kier molecular flexibility index (Phi) is 7.46. The molecule has 3 heterocycles. The number of fused-ring (bicyclic) bond motifs is 3. The van der Waals surface area contributed by atoms with Crippen molar-refractivity contribution in [3.63, 3.8) is 0 Å². The molecule has 4 aromatic rings. The van der Waals surface area contributed by atoms with Crippen LogP contribution in [0.4, 0.5) is 0 Å². The first-order valence-corrected chi connectivity index (χ1v) is 9.42. The molecule has 0 saturated heterocycles. The van der Waals surface area contributed by atoms with Gasteiger partial charge < -0.3 is 9.47 Å². The van der Waals surface area contributed by atoms with Gasteiger partial charge in [0.15, 0.2) is 0 Å². The SMILES string of the molecule is Br.Br.CCN(CC)CCn1c2ccccc2n2cc(-c3cccs3)nc12. The summed E-state index contributed by atoms with van der Waals surface area (Å²) in [5, 5.41) is 2.10. The minimum atomic E-state index is 0. The largest absolute Gasteiger partial charge is 0.308 e. The number of benzene rings is 1. The van der Waals surface area contributed by atoms with Gasteiger partial charge in [0.05, 0.1) is 15.9 Å². The number of imidazole rings is 2. The van der Waals surface area contributed by atoms with Crippen LogP contribution in [0.2, 0.25) is 0 Å². The first-order valence-electron chi connectivity index (χ1n) is 8.54. The Labute approximate surface area is 179 Å². The van der Waals surface area contributed by atoms with Crippen LogP contribution in [0.15, 0.2) is 48.0 Å². The molecule has 1 aromatic carbocycles. The smallest absolute Gasteiger partial charge is 0.215 e. The van der Waals surface area contributed by atoms with Crippen molar-refractivity contribution in [1.29, 1.82) is 0 Å². The van der Waals surface area contributed by atoms with E-state index in [-0.39, 0.29) is 34.0 Å². The molecule has 0 atom stereocenters. The van der Waals surface area contributed by atoms with Gasteiger partial charge in [0.2, 0.25) is 5.78 Å². The van der Waals surface area contributed by atoms with E-state index in [1.807, 2.05) is 0 Å². The summed E-state index contributed by atoms with van der Waals surface area (Å²) >= 11 is 1.74. The third kappa shape index (κ3) is 3.76. The molecule has 7 heteroatoms. The molecule has 0 aliphatic carbocycles. The Bertz CT molecular complexity index is 955. The van der Waals surface area contributed by atoms with Gasteiger partial charge >= 0.3 is 0 Å². The van der Waals surface area contributed by atoms with Gasteiger partial charge in [-0.25, -0.2) is 4.98 Å². The van der Waals surface area contributed by atoms with Gasteiger partial charge in [-0.1, -0.05) is 32.0 Å². The van der Waals surface area contributed by atoms with E-state index in [4.69, 9.17) is 4.98 Å². The summed E-state index contributed by atoms with van der Waals surface area (Å²) in [6.07, 6.45) is 2.16. The lowest BCUT2D eigenvalue weighted by Gasteiger charge is -2.18. The number of thiophene rings is 1. The average molecular weight is 500 g/mol. The predicted octanol–water partition coefficient (Wildman–Crippen LogP) is 5.52. The van der Waals surface area contributed by atoms with E-state index in [1.165, 1.54) is 15.9 Å². The number of likely N-dealkylation sites (N-methyl/N-ethyl adjacent to an activating group) is 1. The zero-order chi connectivity index (χ0) is 16.5. The molecule has 0 radical (unpaired) electrons. The van der Waals surface area contributed by atoms with Gasteiger partial charge in [0.1, 0.15) is 5.69 Å². The van der Waals surface area contributed by atoms with Crippen molar-refractivity contribution in [2.45, 2.75) is 20.4 Å². The third-order valence-electron chi connectivity index (χ3n) is 4.67. The summed E-state index contributed by atoms with van der Waals surface area (Å²) in [5.41, 5.74) is 3.54. The summed E-state index contributed by atoms with van der Waals surface area (Å²) in [6.45, 7) is 8.61. The Hall–Kier alpha value is -1.15. The average Bonchev–Trinajstić information content (AvgIpc) is 3.32. The van der Waals surface area contributed by atoms with E-state index in [0.717, 1.165) is 37.7 Å². The van der Waals surface area contributed by atoms with Crippen LogP contribution in [-0.4, -0.2) is 38.5 Å². The van der Waals surface area contributed by atoms with E-state index in [2.05, 4.69) is 75.7 Å². The van der Waals surface area contributed by atoms with Gasteiger partial charge in [-0.05, 0) is 36.7 Å². The molecule has 140 valence electrons. The second-order valence-corrected chi connectivity index (χ2v) is 6.89. The number of halogens is 2. The first kappa shape index (κ1) is 21.2. The summed E-state index contributed by atoms with van der Waals surface area (Å²) in [6, 6.07) is 12.8. The molecule has 0 saturated carbocycles. The van der Waals surface area contributed by atoms with Crippen LogP contribution in [0.5, 0.6) is 0 Å². The van der Waals surface area contributed by atoms with E-state index in [1.54, 1.807) is 11.3 Å². The summed E-state index contributed by atoms with van der Waals surface area (Å²) < 4.78 is 4.58. The lowest BCUT2D eigenvalue weighted by atomic mass is 10.3. The molecule has 26 heavy (non-hydrogen) atoms. The fraction of sp³-hybridized carbons (Fsp3) is 0.316. The van der Waals surface area contributed by atoms with Crippen LogP contribution in [0.3, 0.4) is 0 Å². The number of aromatic nitrogens is 3. The van der Waals surface area contributed by atoms with E-state index >= 15 is 0 Å². The lowest BCUT2D eigenvalue weighted by Crippen LogP contribution is -2.27. The van der Waals surface area contributed by atoms with Crippen molar-refractivity contribution in [2.75, 3.05) is 19.6 Å². The van der Waals surface area contributed by atoms with Gasteiger partial charge in [-0.15, -0.1) is 45.3 Å². The molecule has 0 unspecified atom stereocenters. The highest BCUT2D eigenvalue weighted by atomic mass is 79.9. The van der Waals surface area contributed by atoms with Crippen LogP contribution in [0.1, 0.15) is 13.8 Å². The van der Waals surface area contributed by atoms with Crippen molar-refractivity contribution in [1.82, 2.24) is 18.9 Å². The maximum Gasteiger partial charge on any atom is 0.215 e. The molecular weight excluding hydrogens is 476 g/mol. The zero-order valence-corrected chi connectivity index (χ0v) is 19.2. The van der Waals surface area contributed by atoms with Crippen molar-refractivity contribution < 1.29 is 0 Å².